The molecule has 0 spiro atoms. The summed E-state index contributed by atoms with van der Waals surface area (Å²) < 4.78 is 32.6. The lowest BCUT2D eigenvalue weighted by Crippen LogP contribution is -2.30. The number of unbranched alkanes of at least 4 members (excludes halogenated alkanes) is 6. The molecule has 0 unspecified atom stereocenters. The van der Waals surface area contributed by atoms with E-state index < -0.39 is 11.9 Å². The van der Waals surface area contributed by atoms with Gasteiger partial charge in [0.15, 0.2) is 0 Å². The molecule has 1 aliphatic carbocycles. The van der Waals surface area contributed by atoms with Crippen molar-refractivity contribution < 1.29 is 47.6 Å². The van der Waals surface area contributed by atoms with Crippen LogP contribution in [0.2, 0.25) is 10.0 Å². The standard InChI is InChI=1S/C38H46Cl2O10/c1-3-35(41)47-23-11-7-5-9-21-45-29-17-19-33(31(39)25-29)49-37(43)27-13-15-28(16-14-27)38(44)50-34-20-18-30(26-32(34)40)46-22-10-6-8-12-24-48-36(42)4-2/h3-4,17-20,25-28H,1-2,5-16,21-24H2. The summed E-state index contributed by atoms with van der Waals surface area (Å²) in [5.41, 5.74) is 0. The Morgan fingerprint density at radius 3 is 1.28 bits per heavy atom. The first-order valence-corrected chi connectivity index (χ1v) is 17.8. The SMILES string of the molecule is C=CC(=O)OCCCCCCOc1ccc(OC(=O)C2CCC(C(=O)Oc3ccc(OCCCCCCOC(=O)C=C)cc3Cl)CC2)c(Cl)c1. The van der Waals surface area contributed by atoms with Gasteiger partial charge < -0.3 is 28.4 Å². The van der Waals surface area contributed by atoms with Crippen LogP contribution in [0.1, 0.15) is 77.0 Å². The zero-order valence-electron chi connectivity index (χ0n) is 28.3. The zero-order chi connectivity index (χ0) is 36.1. The molecule has 1 saturated carbocycles. The number of esters is 4. The molecular formula is C38H46Cl2O10. The molecule has 12 heteroatoms. The summed E-state index contributed by atoms with van der Waals surface area (Å²) in [5, 5.41) is 0.539. The maximum atomic E-state index is 12.9. The van der Waals surface area contributed by atoms with Crippen LogP contribution in [0.4, 0.5) is 0 Å². The number of hydrogen-bond acceptors (Lipinski definition) is 10. The highest BCUT2D eigenvalue weighted by Crippen LogP contribution is 2.35. The largest absolute Gasteiger partial charge is 0.494 e. The maximum absolute atomic E-state index is 12.9. The summed E-state index contributed by atoms with van der Waals surface area (Å²) in [6.07, 6.45) is 11.1. The van der Waals surface area contributed by atoms with Gasteiger partial charge in [-0.3, -0.25) is 9.59 Å². The molecule has 0 aliphatic heterocycles. The van der Waals surface area contributed by atoms with E-state index in [1.54, 1.807) is 36.4 Å². The Labute approximate surface area is 304 Å². The second-order valence-corrected chi connectivity index (χ2v) is 12.7. The van der Waals surface area contributed by atoms with Gasteiger partial charge in [-0.2, -0.15) is 0 Å². The zero-order valence-corrected chi connectivity index (χ0v) is 29.9. The number of carbonyl (C=O) groups is 4. The van der Waals surface area contributed by atoms with Crippen LogP contribution in [0.15, 0.2) is 61.7 Å². The third kappa shape index (κ3) is 14.8. The summed E-state index contributed by atoms with van der Waals surface area (Å²) in [6, 6.07) is 9.87. The van der Waals surface area contributed by atoms with E-state index in [4.69, 9.17) is 51.6 Å². The molecule has 1 aliphatic rings. The van der Waals surface area contributed by atoms with Crippen LogP contribution in [-0.4, -0.2) is 50.3 Å². The fraction of sp³-hybridized carbons (Fsp3) is 0.474. The third-order valence-electron chi connectivity index (χ3n) is 8.06. The number of hydrogen-bond donors (Lipinski definition) is 0. The molecule has 2 aromatic carbocycles. The molecule has 50 heavy (non-hydrogen) atoms. The monoisotopic (exact) mass is 732 g/mol. The van der Waals surface area contributed by atoms with Crippen molar-refractivity contribution in [2.24, 2.45) is 11.8 Å². The Kier molecular flexibility index (Phi) is 18.3. The number of rotatable bonds is 22. The highest BCUT2D eigenvalue weighted by molar-refractivity contribution is 6.32. The highest BCUT2D eigenvalue weighted by atomic mass is 35.5. The fourth-order valence-corrected chi connectivity index (χ4v) is 5.63. The molecule has 3 rings (SSSR count). The molecule has 0 N–H and O–H groups in total. The molecule has 0 radical (unpaired) electrons. The average molecular weight is 734 g/mol. The second kappa shape index (κ2) is 22.6. The first-order valence-electron chi connectivity index (χ1n) is 17.1. The molecule has 0 bridgehead atoms. The number of ether oxygens (including phenoxy) is 6. The van der Waals surface area contributed by atoms with Gasteiger partial charge in [-0.05, 0) is 101 Å². The molecule has 1 fully saturated rings. The molecular weight excluding hydrogens is 687 g/mol. The van der Waals surface area contributed by atoms with E-state index in [-0.39, 0.29) is 45.3 Å². The topological polar surface area (TPSA) is 124 Å². The summed E-state index contributed by atoms with van der Waals surface area (Å²) in [4.78, 5) is 47.9. The minimum atomic E-state index is -0.412. The van der Waals surface area contributed by atoms with Gasteiger partial charge in [-0.1, -0.05) is 36.4 Å². The van der Waals surface area contributed by atoms with Gasteiger partial charge >= 0.3 is 23.9 Å². The molecule has 2 aromatic rings. The fourth-order valence-electron chi connectivity index (χ4n) is 5.22. The van der Waals surface area contributed by atoms with E-state index in [0.29, 0.717) is 63.6 Å². The van der Waals surface area contributed by atoms with Crippen molar-refractivity contribution in [3.8, 4) is 23.0 Å². The van der Waals surface area contributed by atoms with Gasteiger partial charge in [-0.25, -0.2) is 9.59 Å². The molecule has 10 nitrogen and oxygen atoms in total. The minimum absolute atomic E-state index is 0.255. The number of benzene rings is 2. The van der Waals surface area contributed by atoms with Crippen molar-refractivity contribution in [3.05, 3.63) is 71.8 Å². The van der Waals surface area contributed by atoms with E-state index in [9.17, 15) is 19.2 Å². The molecule has 0 atom stereocenters. The van der Waals surface area contributed by atoms with Crippen LogP contribution in [-0.2, 0) is 28.7 Å². The van der Waals surface area contributed by atoms with E-state index in [1.807, 2.05) is 0 Å². The Hall–Kier alpha value is -4.02. The van der Waals surface area contributed by atoms with Crippen LogP contribution >= 0.6 is 23.2 Å². The van der Waals surface area contributed by atoms with Crippen molar-refractivity contribution in [3.63, 3.8) is 0 Å². The third-order valence-corrected chi connectivity index (χ3v) is 8.65. The molecule has 272 valence electrons. The normalized spacial score (nSPS) is 15.3. The van der Waals surface area contributed by atoms with Crippen LogP contribution in [0.3, 0.4) is 0 Å². The van der Waals surface area contributed by atoms with E-state index in [0.717, 1.165) is 63.5 Å². The van der Waals surface area contributed by atoms with Gasteiger partial charge in [-0.15, -0.1) is 0 Å². The highest BCUT2D eigenvalue weighted by Gasteiger charge is 2.32. The van der Waals surface area contributed by atoms with E-state index >= 15 is 0 Å². The quantitative estimate of drug-likeness (QED) is 0.0503. The molecule has 0 aromatic heterocycles. The lowest BCUT2D eigenvalue weighted by Gasteiger charge is -2.26. The molecule has 0 amide bonds. The predicted octanol–water partition coefficient (Wildman–Crippen LogP) is 8.65. The van der Waals surface area contributed by atoms with Crippen molar-refractivity contribution in [1.29, 1.82) is 0 Å². The second-order valence-electron chi connectivity index (χ2n) is 11.8. The van der Waals surface area contributed by atoms with Crippen molar-refractivity contribution in [2.75, 3.05) is 26.4 Å². The lowest BCUT2D eigenvalue weighted by molar-refractivity contribution is -0.145. The summed E-state index contributed by atoms with van der Waals surface area (Å²) >= 11 is 12.8. The first-order chi connectivity index (χ1) is 24.2. The van der Waals surface area contributed by atoms with Crippen molar-refractivity contribution in [2.45, 2.75) is 77.0 Å². The van der Waals surface area contributed by atoms with Crippen LogP contribution in [0.25, 0.3) is 0 Å². The van der Waals surface area contributed by atoms with Crippen molar-refractivity contribution >= 4 is 47.1 Å². The predicted molar refractivity (Wildman–Crippen MR) is 190 cm³/mol. The summed E-state index contributed by atoms with van der Waals surface area (Å²) in [6.45, 7) is 8.48. The van der Waals surface area contributed by atoms with E-state index in [1.165, 1.54) is 0 Å². The maximum Gasteiger partial charge on any atom is 0.330 e. The van der Waals surface area contributed by atoms with Gasteiger partial charge in [0.25, 0.3) is 0 Å². The van der Waals surface area contributed by atoms with Gasteiger partial charge in [0.1, 0.15) is 23.0 Å². The first kappa shape index (κ1) is 40.4. The van der Waals surface area contributed by atoms with E-state index in [2.05, 4.69) is 13.2 Å². The minimum Gasteiger partial charge on any atom is -0.494 e. The van der Waals surface area contributed by atoms with Crippen LogP contribution < -0.4 is 18.9 Å². The lowest BCUT2D eigenvalue weighted by atomic mass is 9.82. The summed E-state index contributed by atoms with van der Waals surface area (Å²) in [7, 11) is 0. The Balaban J connectivity index is 1.31. The van der Waals surface area contributed by atoms with Gasteiger partial charge in [0, 0.05) is 24.3 Å². The Bertz CT molecular complexity index is 1330. The molecule has 0 heterocycles. The average Bonchev–Trinajstić information content (AvgIpc) is 3.12. The smallest absolute Gasteiger partial charge is 0.330 e. The van der Waals surface area contributed by atoms with Gasteiger partial charge in [0.05, 0.1) is 48.3 Å². The molecule has 0 saturated heterocycles. The number of halogens is 2. The Morgan fingerprint density at radius 1 is 0.580 bits per heavy atom. The van der Waals surface area contributed by atoms with Crippen LogP contribution in [0, 0.1) is 11.8 Å². The van der Waals surface area contributed by atoms with Gasteiger partial charge in [0.2, 0.25) is 0 Å². The Morgan fingerprint density at radius 2 is 0.940 bits per heavy atom. The summed E-state index contributed by atoms with van der Waals surface area (Å²) in [5.74, 6) is -0.666. The number of carbonyl (C=O) groups excluding carboxylic acids is 4. The van der Waals surface area contributed by atoms with Crippen LogP contribution in [0.5, 0.6) is 23.0 Å². The van der Waals surface area contributed by atoms with Crippen molar-refractivity contribution in [1.82, 2.24) is 0 Å².